The van der Waals surface area contributed by atoms with Gasteiger partial charge in [0.05, 0.1) is 5.69 Å². The number of nitrogens with zero attached hydrogens (tertiary/aromatic N) is 1. The molecule has 0 aliphatic heterocycles. The number of benzene rings is 1. The van der Waals surface area contributed by atoms with Crippen LogP contribution in [-0.4, -0.2) is 9.97 Å². The molecule has 2 aromatic rings. The van der Waals surface area contributed by atoms with Gasteiger partial charge in [0, 0.05) is 11.1 Å². The van der Waals surface area contributed by atoms with Crippen molar-refractivity contribution in [3.63, 3.8) is 0 Å². The van der Waals surface area contributed by atoms with E-state index in [-0.39, 0.29) is 5.56 Å². The van der Waals surface area contributed by atoms with Crippen LogP contribution in [0.4, 0.5) is 0 Å². The van der Waals surface area contributed by atoms with Crippen molar-refractivity contribution in [1.29, 1.82) is 0 Å². The van der Waals surface area contributed by atoms with Crippen LogP contribution < -0.4 is 5.56 Å². The second kappa shape index (κ2) is 5.47. The summed E-state index contributed by atoms with van der Waals surface area (Å²) in [5.41, 5.74) is 6.62. The fraction of sp³-hybridized carbons (Fsp3) is 0.444. The Morgan fingerprint density at radius 2 is 1.67 bits per heavy atom. The summed E-state index contributed by atoms with van der Waals surface area (Å²) in [6.07, 6.45) is 5.21. The molecule has 1 aliphatic carbocycles. The van der Waals surface area contributed by atoms with Gasteiger partial charge in [0.15, 0.2) is 0 Å². The average molecular weight is 282 g/mol. The number of aromatic amines is 1. The highest BCUT2D eigenvalue weighted by molar-refractivity contribution is 5.65. The Hall–Kier alpha value is -1.90. The highest BCUT2D eigenvalue weighted by atomic mass is 16.1. The minimum absolute atomic E-state index is 0.0521. The molecule has 0 bridgehead atoms. The number of H-pyrrole nitrogens is 1. The van der Waals surface area contributed by atoms with Gasteiger partial charge >= 0.3 is 0 Å². The zero-order chi connectivity index (χ0) is 15.0. The van der Waals surface area contributed by atoms with Crippen molar-refractivity contribution in [2.45, 2.75) is 52.9 Å². The average Bonchev–Trinajstić information content (AvgIpc) is 2.63. The summed E-state index contributed by atoms with van der Waals surface area (Å²) < 4.78 is 0. The van der Waals surface area contributed by atoms with E-state index in [0.717, 1.165) is 48.3 Å². The van der Waals surface area contributed by atoms with Crippen molar-refractivity contribution in [2.24, 2.45) is 0 Å². The van der Waals surface area contributed by atoms with Gasteiger partial charge < -0.3 is 4.98 Å². The molecule has 0 atom stereocenters. The number of rotatable bonds is 1. The molecular weight excluding hydrogens is 260 g/mol. The second-order valence-corrected chi connectivity index (χ2v) is 6.17. The maximum absolute atomic E-state index is 12.4. The molecule has 1 heterocycles. The molecule has 1 aromatic carbocycles. The summed E-state index contributed by atoms with van der Waals surface area (Å²) in [6, 6.07) is 4.29. The van der Waals surface area contributed by atoms with Crippen LogP contribution in [0.25, 0.3) is 11.4 Å². The van der Waals surface area contributed by atoms with E-state index in [1.807, 2.05) is 0 Å². The number of aromatic nitrogens is 2. The minimum atomic E-state index is 0.0521. The molecule has 0 saturated carbocycles. The van der Waals surface area contributed by atoms with Gasteiger partial charge in [0.2, 0.25) is 0 Å². The summed E-state index contributed by atoms with van der Waals surface area (Å²) in [4.78, 5) is 20.2. The van der Waals surface area contributed by atoms with E-state index in [4.69, 9.17) is 4.98 Å². The van der Waals surface area contributed by atoms with Crippen LogP contribution in [0.2, 0.25) is 0 Å². The Kier molecular flexibility index (Phi) is 3.66. The third-order valence-electron chi connectivity index (χ3n) is 4.36. The standard InChI is InChI=1S/C18H22N2O/c1-11-9-12(2)16(13(3)10-11)17-19-15-8-6-4-5-7-14(15)18(21)20-17/h9-10H,4-8H2,1-3H3,(H,19,20,21). The fourth-order valence-electron chi connectivity index (χ4n) is 3.45. The first-order chi connectivity index (χ1) is 10.1. The monoisotopic (exact) mass is 282 g/mol. The molecule has 21 heavy (non-hydrogen) atoms. The van der Waals surface area contributed by atoms with Crippen molar-refractivity contribution in [3.8, 4) is 11.4 Å². The molecule has 0 unspecified atom stereocenters. The number of hydrogen-bond donors (Lipinski definition) is 1. The number of aryl methyl sites for hydroxylation is 4. The van der Waals surface area contributed by atoms with E-state index in [1.165, 1.54) is 23.1 Å². The predicted molar refractivity (Wildman–Crippen MR) is 85.8 cm³/mol. The summed E-state index contributed by atoms with van der Waals surface area (Å²) in [5, 5.41) is 0. The van der Waals surface area contributed by atoms with E-state index in [1.54, 1.807) is 0 Å². The molecule has 0 fully saturated rings. The molecule has 3 rings (SSSR count). The number of hydrogen-bond acceptors (Lipinski definition) is 2. The molecule has 0 spiro atoms. The summed E-state index contributed by atoms with van der Waals surface area (Å²) in [6.45, 7) is 6.26. The van der Waals surface area contributed by atoms with Gasteiger partial charge in [-0.1, -0.05) is 24.1 Å². The van der Waals surface area contributed by atoms with E-state index in [0.29, 0.717) is 0 Å². The van der Waals surface area contributed by atoms with Crippen LogP contribution in [0, 0.1) is 20.8 Å². The number of nitrogens with one attached hydrogen (secondary N) is 1. The van der Waals surface area contributed by atoms with E-state index >= 15 is 0 Å². The highest BCUT2D eigenvalue weighted by Gasteiger charge is 2.17. The van der Waals surface area contributed by atoms with Gasteiger partial charge in [-0.2, -0.15) is 0 Å². The Balaban J connectivity index is 2.19. The molecule has 3 nitrogen and oxygen atoms in total. The van der Waals surface area contributed by atoms with Gasteiger partial charge in [-0.15, -0.1) is 0 Å². The third kappa shape index (κ3) is 2.65. The fourth-order valence-corrected chi connectivity index (χ4v) is 3.45. The molecule has 1 N–H and O–H groups in total. The topological polar surface area (TPSA) is 45.8 Å². The first-order valence-corrected chi connectivity index (χ1v) is 7.76. The lowest BCUT2D eigenvalue weighted by molar-refractivity contribution is 0.708. The normalized spacial score (nSPS) is 14.6. The zero-order valence-corrected chi connectivity index (χ0v) is 13.0. The molecular formula is C18H22N2O. The lowest BCUT2D eigenvalue weighted by atomic mass is 9.99. The van der Waals surface area contributed by atoms with Crippen LogP contribution in [0.15, 0.2) is 16.9 Å². The van der Waals surface area contributed by atoms with Crippen molar-refractivity contribution in [3.05, 3.63) is 50.4 Å². The van der Waals surface area contributed by atoms with Crippen LogP contribution in [-0.2, 0) is 12.8 Å². The SMILES string of the molecule is Cc1cc(C)c(-c2nc3c(c(=O)[nH]2)CCCCC3)c(C)c1. The van der Waals surface area contributed by atoms with E-state index in [9.17, 15) is 4.79 Å². The highest BCUT2D eigenvalue weighted by Crippen LogP contribution is 2.26. The molecule has 1 aliphatic rings. The largest absolute Gasteiger partial charge is 0.306 e. The maximum Gasteiger partial charge on any atom is 0.254 e. The minimum Gasteiger partial charge on any atom is -0.306 e. The van der Waals surface area contributed by atoms with Crippen molar-refractivity contribution in [2.75, 3.05) is 0 Å². The molecule has 0 radical (unpaired) electrons. The van der Waals surface area contributed by atoms with Crippen molar-refractivity contribution >= 4 is 0 Å². The zero-order valence-electron chi connectivity index (χ0n) is 13.0. The lowest BCUT2D eigenvalue weighted by Crippen LogP contribution is -2.18. The van der Waals surface area contributed by atoms with E-state index in [2.05, 4.69) is 37.9 Å². The number of fused-ring (bicyclic) bond motifs is 1. The third-order valence-corrected chi connectivity index (χ3v) is 4.36. The second-order valence-electron chi connectivity index (χ2n) is 6.17. The smallest absolute Gasteiger partial charge is 0.254 e. The van der Waals surface area contributed by atoms with Crippen LogP contribution in [0.1, 0.15) is 47.2 Å². The van der Waals surface area contributed by atoms with Crippen molar-refractivity contribution in [1.82, 2.24) is 9.97 Å². The first kappa shape index (κ1) is 14.1. The van der Waals surface area contributed by atoms with Crippen LogP contribution in [0.3, 0.4) is 0 Å². The first-order valence-electron chi connectivity index (χ1n) is 7.76. The summed E-state index contributed by atoms with van der Waals surface area (Å²) in [7, 11) is 0. The van der Waals surface area contributed by atoms with Gasteiger partial charge in [-0.05, 0) is 57.6 Å². The molecule has 3 heteroatoms. The van der Waals surface area contributed by atoms with Gasteiger partial charge in [0.25, 0.3) is 5.56 Å². The van der Waals surface area contributed by atoms with Gasteiger partial charge in [0.1, 0.15) is 5.82 Å². The Labute approximate surface area is 125 Å². The Bertz CT molecular complexity index is 720. The van der Waals surface area contributed by atoms with Gasteiger partial charge in [-0.25, -0.2) is 4.98 Å². The lowest BCUT2D eigenvalue weighted by Gasteiger charge is -2.13. The predicted octanol–water partition coefficient (Wildman–Crippen LogP) is 3.63. The summed E-state index contributed by atoms with van der Waals surface area (Å²) in [5.74, 6) is 0.732. The van der Waals surface area contributed by atoms with E-state index < -0.39 is 0 Å². The molecule has 0 saturated heterocycles. The Morgan fingerprint density at radius 3 is 2.38 bits per heavy atom. The van der Waals surface area contributed by atoms with Gasteiger partial charge in [-0.3, -0.25) is 4.79 Å². The van der Waals surface area contributed by atoms with Crippen molar-refractivity contribution < 1.29 is 0 Å². The maximum atomic E-state index is 12.4. The molecule has 0 amide bonds. The molecule has 110 valence electrons. The van der Waals surface area contributed by atoms with Crippen LogP contribution >= 0.6 is 0 Å². The van der Waals surface area contributed by atoms with Crippen LogP contribution in [0.5, 0.6) is 0 Å². The summed E-state index contributed by atoms with van der Waals surface area (Å²) >= 11 is 0. The molecule has 1 aromatic heterocycles. The Morgan fingerprint density at radius 1 is 1.00 bits per heavy atom. The quantitative estimate of drug-likeness (QED) is 0.812.